The monoisotopic (exact) mass is 512 g/mol. The third-order valence-electron chi connectivity index (χ3n) is 5.64. The number of benzene rings is 1. The summed E-state index contributed by atoms with van der Waals surface area (Å²) < 4.78 is 22.2. The fourth-order valence-corrected chi connectivity index (χ4v) is 3.49. The molecule has 0 aliphatic heterocycles. The minimum Gasteiger partial charge on any atom is -0.497 e. The zero-order valence-corrected chi connectivity index (χ0v) is 22.0. The summed E-state index contributed by atoms with van der Waals surface area (Å²) in [6.45, 7) is 4.31. The second-order valence-electron chi connectivity index (χ2n) is 8.46. The first-order chi connectivity index (χ1) is 18.2. The van der Waals surface area contributed by atoms with Gasteiger partial charge in [0.25, 0.3) is 0 Å². The lowest BCUT2D eigenvalue weighted by molar-refractivity contribution is -0.242. The van der Waals surface area contributed by atoms with Gasteiger partial charge >= 0.3 is 5.97 Å². The quantitative estimate of drug-likeness (QED) is 0.0569. The van der Waals surface area contributed by atoms with E-state index in [9.17, 15) is 4.79 Å². The van der Waals surface area contributed by atoms with E-state index in [1.807, 2.05) is 43.4 Å². The van der Waals surface area contributed by atoms with E-state index in [-0.39, 0.29) is 0 Å². The molecule has 0 spiro atoms. The lowest BCUT2D eigenvalue weighted by Crippen LogP contribution is -2.03. The Labute approximate surface area is 220 Å². The molecule has 2 rings (SSSR count). The van der Waals surface area contributed by atoms with Crippen LogP contribution in [0.15, 0.2) is 83.9 Å². The molecule has 1 aliphatic rings. The molecule has 0 amide bonds. The largest absolute Gasteiger partial charge is 0.497 e. The Balaban J connectivity index is 1.61. The van der Waals surface area contributed by atoms with Crippen molar-refractivity contribution >= 4 is 5.97 Å². The molecule has 1 N–H and O–H groups in total. The third kappa shape index (κ3) is 13.1. The van der Waals surface area contributed by atoms with Gasteiger partial charge in [-0.25, -0.2) is 9.68 Å². The number of hydrogen-bond acceptors (Lipinski definition) is 7. The van der Waals surface area contributed by atoms with Gasteiger partial charge in [-0.15, -0.1) is 0 Å². The van der Waals surface area contributed by atoms with E-state index >= 15 is 0 Å². The summed E-state index contributed by atoms with van der Waals surface area (Å²) in [6, 6.07) is 6.83. The molecule has 7 heteroatoms. The third-order valence-corrected chi connectivity index (χ3v) is 5.64. The van der Waals surface area contributed by atoms with E-state index in [2.05, 4.69) is 11.0 Å². The standard InChI is InChI=1S/C30H40O7/c1-3-27(35-22-7-4-5-8-23-36-32)12-6-9-21-34-24-20-25-11-10-13-29(17-14-25)37-30(31)26-15-18-28(33-2)19-16-26/h3,6,10,12-19,32H,4-5,7-9,11,20-24H2,1-2H3/b12-6-,27-3+. The van der Waals surface area contributed by atoms with Gasteiger partial charge < -0.3 is 18.9 Å². The molecular formula is C30H40O7. The Morgan fingerprint density at radius 2 is 1.78 bits per heavy atom. The second kappa shape index (κ2) is 19.0. The normalized spacial score (nSPS) is 13.8. The maximum Gasteiger partial charge on any atom is 0.343 e. The van der Waals surface area contributed by atoms with E-state index in [1.54, 1.807) is 31.4 Å². The Hall–Kier alpha value is -3.13. The van der Waals surface area contributed by atoms with Gasteiger partial charge in [-0.1, -0.05) is 30.2 Å². The number of unbranched alkanes of at least 4 members (excludes halogenated alkanes) is 3. The predicted molar refractivity (Wildman–Crippen MR) is 144 cm³/mol. The lowest BCUT2D eigenvalue weighted by Gasteiger charge is -2.07. The Bertz CT molecular complexity index is 939. The van der Waals surface area contributed by atoms with Crippen LogP contribution >= 0.6 is 0 Å². The number of methoxy groups -OCH3 is 1. The van der Waals surface area contributed by atoms with Crippen LogP contribution in [-0.2, 0) is 19.1 Å². The van der Waals surface area contributed by atoms with E-state index in [1.165, 1.54) is 5.57 Å². The highest BCUT2D eigenvalue weighted by atomic mass is 17.1. The summed E-state index contributed by atoms with van der Waals surface area (Å²) >= 11 is 0. The zero-order valence-electron chi connectivity index (χ0n) is 22.0. The molecule has 0 bridgehead atoms. The molecule has 0 unspecified atom stereocenters. The molecule has 1 aromatic carbocycles. The van der Waals surface area contributed by atoms with E-state index in [4.69, 9.17) is 24.2 Å². The van der Waals surface area contributed by atoms with Gasteiger partial charge in [0.05, 0.1) is 39.1 Å². The van der Waals surface area contributed by atoms with Crippen LogP contribution in [0.4, 0.5) is 0 Å². The van der Waals surface area contributed by atoms with Crippen LogP contribution in [0.2, 0.25) is 0 Å². The lowest BCUT2D eigenvalue weighted by atomic mass is 10.1. The number of carbonyl (C=O) groups is 1. The maximum atomic E-state index is 12.4. The van der Waals surface area contributed by atoms with Gasteiger partial charge in [0.15, 0.2) is 0 Å². The minimum absolute atomic E-state index is 0.390. The molecule has 0 saturated heterocycles. The fourth-order valence-electron chi connectivity index (χ4n) is 3.49. The summed E-state index contributed by atoms with van der Waals surface area (Å²) in [5, 5.41) is 8.30. The fraction of sp³-hybridized carbons (Fsp3) is 0.433. The first-order valence-corrected chi connectivity index (χ1v) is 12.9. The minimum atomic E-state index is -0.400. The number of ether oxygens (including phenoxy) is 4. The van der Waals surface area contributed by atoms with Crippen molar-refractivity contribution in [3.63, 3.8) is 0 Å². The molecule has 0 saturated carbocycles. The average molecular weight is 513 g/mol. The van der Waals surface area contributed by atoms with Crippen LogP contribution in [0.25, 0.3) is 0 Å². The Morgan fingerprint density at radius 3 is 2.51 bits per heavy atom. The molecule has 1 aliphatic carbocycles. The maximum absolute atomic E-state index is 12.4. The summed E-state index contributed by atoms with van der Waals surface area (Å²) in [4.78, 5) is 16.4. The van der Waals surface area contributed by atoms with Crippen molar-refractivity contribution in [2.75, 3.05) is 33.5 Å². The highest BCUT2D eigenvalue weighted by Gasteiger charge is 2.10. The zero-order chi connectivity index (χ0) is 26.6. The van der Waals surface area contributed by atoms with Crippen LogP contribution in [0.5, 0.6) is 5.75 Å². The highest BCUT2D eigenvalue weighted by Crippen LogP contribution is 2.18. The molecule has 0 fully saturated rings. The molecule has 0 atom stereocenters. The van der Waals surface area contributed by atoms with Crippen molar-refractivity contribution in [1.29, 1.82) is 0 Å². The Morgan fingerprint density at radius 1 is 1.00 bits per heavy atom. The smallest absolute Gasteiger partial charge is 0.343 e. The molecule has 0 radical (unpaired) electrons. The van der Waals surface area contributed by atoms with Gasteiger partial charge in [0, 0.05) is 0 Å². The van der Waals surface area contributed by atoms with Crippen molar-refractivity contribution in [3.8, 4) is 5.75 Å². The van der Waals surface area contributed by atoms with E-state index in [0.29, 0.717) is 43.5 Å². The molecule has 202 valence electrons. The van der Waals surface area contributed by atoms with Crippen molar-refractivity contribution in [3.05, 3.63) is 89.5 Å². The van der Waals surface area contributed by atoms with E-state index < -0.39 is 5.97 Å². The molecule has 0 heterocycles. The first kappa shape index (κ1) is 30.1. The number of hydrogen-bond donors (Lipinski definition) is 1. The number of allylic oxidation sites excluding steroid dienone is 6. The summed E-state index contributed by atoms with van der Waals surface area (Å²) in [7, 11) is 1.58. The van der Waals surface area contributed by atoms with Gasteiger partial charge in [-0.2, -0.15) is 0 Å². The van der Waals surface area contributed by atoms with Crippen LogP contribution in [0.1, 0.15) is 62.2 Å². The van der Waals surface area contributed by atoms with Crippen molar-refractivity contribution in [2.45, 2.75) is 51.9 Å². The van der Waals surface area contributed by atoms with Gasteiger partial charge in [-0.05, 0) is 94.0 Å². The average Bonchev–Trinajstić information content (AvgIpc) is 3.15. The molecule has 37 heavy (non-hydrogen) atoms. The van der Waals surface area contributed by atoms with Crippen LogP contribution in [-0.4, -0.2) is 44.8 Å². The van der Waals surface area contributed by atoms with Crippen molar-refractivity contribution in [1.82, 2.24) is 0 Å². The van der Waals surface area contributed by atoms with Crippen LogP contribution < -0.4 is 4.74 Å². The van der Waals surface area contributed by atoms with Crippen LogP contribution in [0, 0.1) is 0 Å². The topological polar surface area (TPSA) is 83.5 Å². The SMILES string of the molecule is C/C=C(\C=C/CCOCCC1=CC=C(OC(=O)c2ccc(OC)cc2)C=CC1)OCCCCCCOO. The summed E-state index contributed by atoms with van der Waals surface area (Å²) in [5.41, 5.74) is 1.69. The highest BCUT2D eigenvalue weighted by molar-refractivity contribution is 5.90. The Kier molecular flexibility index (Phi) is 15.5. The predicted octanol–water partition coefficient (Wildman–Crippen LogP) is 6.95. The number of carbonyl (C=O) groups excluding carboxylic acids is 1. The van der Waals surface area contributed by atoms with Crippen molar-refractivity contribution in [2.24, 2.45) is 0 Å². The van der Waals surface area contributed by atoms with Gasteiger partial charge in [0.2, 0.25) is 0 Å². The first-order valence-electron chi connectivity index (χ1n) is 12.9. The summed E-state index contributed by atoms with van der Waals surface area (Å²) in [6.07, 6.45) is 20.0. The number of esters is 1. The molecule has 0 aromatic heterocycles. The molecular weight excluding hydrogens is 472 g/mol. The van der Waals surface area contributed by atoms with Gasteiger partial charge in [0.1, 0.15) is 17.3 Å². The van der Waals surface area contributed by atoms with E-state index in [0.717, 1.165) is 50.7 Å². The number of rotatable bonds is 18. The molecule has 7 nitrogen and oxygen atoms in total. The summed E-state index contributed by atoms with van der Waals surface area (Å²) in [5.74, 6) is 1.67. The molecule has 1 aromatic rings. The second-order valence-corrected chi connectivity index (χ2v) is 8.46. The van der Waals surface area contributed by atoms with Crippen molar-refractivity contribution < 1.29 is 33.9 Å². The van der Waals surface area contributed by atoms with Gasteiger partial charge in [-0.3, -0.25) is 5.26 Å². The van der Waals surface area contributed by atoms with Crippen LogP contribution in [0.3, 0.4) is 0 Å².